The van der Waals surface area contributed by atoms with Crippen LogP contribution in [-0.2, 0) is 0 Å². The third-order valence-corrected chi connectivity index (χ3v) is 2.28. The van der Waals surface area contributed by atoms with E-state index in [0.29, 0.717) is 5.52 Å². The zero-order valence-electron chi connectivity index (χ0n) is 7.84. The smallest absolute Gasteiger partial charge is 0.147 e. The quantitative estimate of drug-likeness (QED) is 0.712. The summed E-state index contributed by atoms with van der Waals surface area (Å²) >= 11 is 0. The predicted molar refractivity (Wildman–Crippen MR) is 56.2 cm³/mol. The molecule has 0 spiro atoms. The molecule has 14 heavy (non-hydrogen) atoms. The fourth-order valence-corrected chi connectivity index (χ4v) is 1.64. The number of nitrogens with two attached hydrogens (primary N) is 1. The molecule has 2 rings (SSSR count). The predicted octanol–water partition coefficient (Wildman–Crippen LogP) is 2.54. The second-order valence-corrected chi connectivity index (χ2v) is 3.19. The van der Waals surface area contributed by atoms with Crippen molar-refractivity contribution in [3.05, 3.63) is 41.5 Å². The molecule has 1 heterocycles. The first-order valence-electron chi connectivity index (χ1n) is 4.39. The Morgan fingerprint density at radius 2 is 2.21 bits per heavy atom. The minimum atomic E-state index is -0.234. The Balaban J connectivity index is 2.83. The summed E-state index contributed by atoms with van der Waals surface area (Å²) in [6.07, 6.45) is 3.23. The van der Waals surface area contributed by atoms with E-state index in [9.17, 15) is 4.39 Å². The van der Waals surface area contributed by atoms with Crippen molar-refractivity contribution in [3.63, 3.8) is 0 Å². The lowest BCUT2D eigenvalue weighted by molar-refractivity contribution is 0.637. The molecule has 0 unspecified atom stereocenters. The lowest BCUT2D eigenvalue weighted by Crippen LogP contribution is -1.79. The van der Waals surface area contributed by atoms with Crippen LogP contribution < -0.4 is 5.73 Å². The van der Waals surface area contributed by atoms with Crippen LogP contribution in [0.4, 0.5) is 4.39 Å². The maximum absolute atomic E-state index is 13.3. The lowest BCUT2D eigenvalue weighted by atomic mass is 10.1. The first-order valence-corrected chi connectivity index (χ1v) is 4.39. The van der Waals surface area contributed by atoms with Crippen LogP contribution in [0.1, 0.15) is 11.3 Å². The summed E-state index contributed by atoms with van der Waals surface area (Å²) in [5, 5.41) is 0.865. The number of para-hydroxylation sites is 1. The molecule has 2 aromatic rings. The van der Waals surface area contributed by atoms with Gasteiger partial charge in [0.05, 0.1) is 5.52 Å². The number of nitrogens with one attached hydrogen (secondary N) is 1. The van der Waals surface area contributed by atoms with Crippen molar-refractivity contribution < 1.29 is 4.39 Å². The number of halogens is 1. The third-order valence-electron chi connectivity index (χ3n) is 2.28. The largest absolute Gasteiger partial charge is 0.405 e. The van der Waals surface area contributed by atoms with Gasteiger partial charge in [0.1, 0.15) is 5.82 Å². The maximum atomic E-state index is 13.3. The van der Waals surface area contributed by atoms with Gasteiger partial charge in [-0.3, -0.25) is 0 Å². The van der Waals surface area contributed by atoms with Gasteiger partial charge in [-0.05, 0) is 25.3 Å². The summed E-state index contributed by atoms with van der Waals surface area (Å²) < 4.78 is 13.3. The van der Waals surface area contributed by atoms with Gasteiger partial charge in [0, 0.05) is 16.6 Å². The molecule has 2 nitrogen and oxygen atoms in total. The van der Waals surface area contributed by atoms with Crippen molar-refractivity contribution in [1.29, 1.82) is 0 Å². The number of rotatable bonds is 1. The number of aryl methyl sites for hydroxylation is 1. The molecule has 0 saturated carbocycles. The van der Waals surface area contributed by atoms with E-state index < -0.39 is 0 Å². The van der Waals surface area contributed by atoms with Gasteiger partial charge in [0.25, 0.3) is 0 Å². The molecular formula is C11H11FN2. The highest BCUT2D eigenvalue weighted by Gasteiger charge is 2.08. The van der Waals surface area contributed by atoms with Gasteiger partial charge >= 0.3 is 0 Å². The number of hydrogen-bond acceptors (Lipinski definition) is 1. The SMILES string of the molecule is Cc1[nH]c2c(F)cccc2c1/C=C/N. The first-order chi connectivity index (χ1) is 6.74. The van der Waals surface area contributed by atoms with Crippen LogP contribution in [0.2, 0.25) is 0 Å². The molecule has 0 aliphatic rings. The lowest BCUT2D eigenvalue weighted by Gasteiger charge is -1.92. The average molecular weight is 190 g/mol. The normalized spacial score (nSPS) is 11.6. The Hall–Kier alpha value is -1.77. The van der Waals surface area contributed by atoms with Crippen molar-refractivity contribution >= 4 is 17.0 Å². The Morgan fingerprint density at radius 1 is 1.43 bits per heavy atom. The van der Waals surface area contributed by atoms with Gasteiger partial charge in [0.2, 0.25) is 0 Å². The van der Waals surface area contributed by atoms with E-state index in [1.165, 1.54) is 12.3 Å². The molecule has 0 fully saturated rings. The number of aromatic nitrogens is 1. The number of hydrogen-bond donors (Lipinski definition) is 2. The van der Waals surface area contributed by atoms with Gasteiger partial charge in [-0.2, -0.15) is 0 Å². The van der Waals surface area contributed by atoms with Crippen molar-refractivity contribution in [2.75, 3.05) is 0 Å². The summed E-state index contributed by atoms with van der Waals surface area (Å²) in [6.45, 7) is 1.90. The van der Waals surface area contributed by atoms with Crippen LogP contribution in [0, 0.1) is 12.7 Å². The molecule has 72 valence electrons. The van der Waals surface area contributed by atoms with Crippen LogP contribution in [0.5, 0.6) is 0 Å². The molecule has 0 radical (unpaired) electrons. The average Bonchev–Trinajstić information content (AvgIpc) is 2.47. The van der Waals surface area contributed by atoms with Crippen molar-refractivity contribution in [2.24, 2.45) is 5.73 Å². The number of benzene rings is 1. The molecule has 0 saturated heterocycles. The minimum Gasteiger partial charge on any atom is -0.405 e. The van der Waals surface area contributed by atoms with Gasteiger partial charge in [-0.1, -0.05) is 12.1 Å². The molecule has 1 aromatic heterocycles. The highest BCUT2D eigenvalue weighted by Crippen LogP contribution is 2.24. The van der Waals surface area contributed by atoms with E-state index >= 15 is 0 Å². The van der Waals surface area contributed by atoms with Gasteiger partial charge in [-0.25, -0.2) is 4.39 Å². The van der Waals surface area contributed by atoms with Crippen LogP contribution in [0.25, 0.3) is 17.0 Å². The Kier molecular flexibility index (Phi) is 2.00. The van der Waals surface area contributed by atoms with Crippen molar-refractivity contribution in [2.45, 2.75) is 6.92 Å². The highest BCUT2D eigenvalue weighted by atomic mass is 19.1. The van der Waals surface area contributed by atoms with Crippen molar-refractivity contribution in [3.8, 4) is 0 Å². The molecule has 0 amide bonds. The molecule has 0 aliphatic carbocycles. The van der Waals surface area contributed by atoms with E-state index in [1.807, 2.05) is 13.0 Å². The number of aromatic amines is 1. The third kappa shape index (κ3) is 1.18. The Labute approximate surface area is 81.2 Å². The summed E-state index contributed by atoms with van der Waals surface area (Å²) in [7, 11) is 0. The molecule has 3 N–H and O–H groups in total. The summed E-state index contributed by atoms with van der Waals surface area (Å²) in [5.41, 5.74) is 7.74. The second kappa shape index (κ2) is 3.18. The molecule has 0 atom stereocenters. The Bertz CT molecular complexity index is 497. The van der Waals surface area contributed by atoms with E-state index in [-0.39, 0.29) is 5.82 Å². The van der Waals surface area contributed by atoms with E-state index in [2.05, 4.69) is 4.98 Å². The molecular weight excluding hydrogens is 179 g/mol. The minimum absolute atomic E-state index is 0.234. The molecule has 1 aromatic carbocycles. The molecule has 3 heteroatoms. The molecule has 0 aliphatic heterocycles. The molecule has 0 bridgehead atoms. The number of fused-ring (bicyclic) bond motifs is 1. The monoisotopic (exact) mass is 190 g/mol. The van der Waals surface area contributed by atoms with Crippen LogP contribution in [0.3, 0.4) is 0 Å². The van der Waals surface area contributed by atoms with E-state index in [0.717, 1.165) is 16.6 Å². The van der Waals surface area contributed by atoms with Gasteiger partial charge < -0.3 is 10.7 Å². The topological polar surface area (TPSA) is 41.8 Å². The number of H-pyrrole nitrogens is 1. The summed E-state index contributed by atoms with van der Waals surface area (Å²) in [6, 6.07) is 5.00. The van der Waals surface area contributed by atoms with Crippen LogP contribution in [0.15, 0.2) is 24.4 Å². The fourth-order valence-electron chi connectivity index (χ4n) is 1.64. The summed E-state index contributed by atoms with van der Waals surface area (Å²) in [5.74, 6) is -0.234. The van der Waals surface area contributed by atoms with Gasteiger partial charge in [0.15, 0.2) is 0 Å². The summed E-state index contributed by atoms with van der Waals surface area (Å²) in [4.78, 5) is 3.00. The van der Waals surface area contributed by atoms with Crippen LogP contribution in [-0.4, -0.2) is 4.98 Å². The highest BCUT2D eigenvalue weighted by molar-refractivity contribution is 5.90. The first kappa shape index (κ1) is 8.81. The second-order valence-electron chi connectivity index (χ2n) is 3.19. The van der Waals surface area contributed by atoms with Gasteiger partial charge in [-0.15, -0.1) is 0 Å². The van der Waals surface area contributed by atoms with Crippen LogP contribution >= 0.6 is 0 Å². The fraction of sp³-hybridized carbons (Fsp3) is 0.0909. The Morgan fingerprint density at radius 3 is 2.93 bits per heavy atom. The van der Waals surface area contributed by atoms with Crippen molar-refractivity contribution in [1.82, 2.24) is 4.98 Å². The van der Waals surface area contributed by atoms with E-state index in [4.69, 9.17) is 5.73 Å². The van der Waals surface area contributed by atoms with E-state index in [1.54, 1.807) is 12.1 Å². The maximum Gasteiger partial charge on any atom is 0.147 e. The zero-order chi connectivity index (χ0) is 10.1. The standard InChI is InChI=1S/C11H11FN2/c1-7-8(5-6-13)9-3-2-4-10(12)11(9)14-7/h2-6,14H,13H2,1H3/b6-5+. The zero-order valence-corrected chi connectivity index (χ0v) is 7.84.